The smallest absolute Gasteiger partial charge is 0.253 e. The highest BCUT2D eigenvalue weighted by molar-refractivity contribution is 6.03. The lowest BCUT2D eigenvalue weighted by atomic mass is 9.99. The van der Waals surface area contributed by atoms with Crippen LogP contribution in [0.4, 0.5) is 5.69 Å². The van der Waals surface area contributed by atoms with E-state index >= 15 is 0 Å². The molecule has 0 bridgehead atoms. The number of carbonyl (C=O) groups excluding carboxylic acids is 2. The molecular weight excluding hydrogens is 302 g/mol. The normalized spacial score (nSPS) is 10.0. The molecule has 0 radical (unpaired) electrons. The fourth-order valence-electron chi connectivity index (χ4n) is 2.11. The highest BCUT2D eigenvalue weighted by atomic mass is 35.5. The fraction of sp³-hybridized carbons (Fsp3) is 0.500. The maximum atomic E-state index is 12.1. The number of halogens is 1. The summed E-state index contributed by atoms with van der Waals surface area (Å²) in [5, 5.41) is 5.55. The van der Waals surface area contributed by atoms with E-state index in [0.717, 1.165) is 12.8 Å². The number of amides is 2. The Hall–Kier alpha value is -1.59. The first-order chi connectivity index (χ1) is 10.1. The zero-order valence-electron chi connectivity index (χ0n) is 13.2. The van der Waals surface area contributed by atoms with Crippen LogP contribution in [0.1, 0.15) is 43.5 Å². The van der Waals surface area contributed by atoms with Crippen molar-refractivity contribution in [2.45, 2.75) is 33.1 Å². The Balaban J connectivity index is 0.00000441. The van der Waals surface area contributed by atoms with Gasteiger partial charge in [-0.25, -0.2) is 0 Å². The van der Waals surface area contributed by atoms with Gasteiger partial charge in [-0.15, -0.1) is 12.4 Å². The summed E-state index contributed by atoms with van der Waals surface area (Å²) in [5.41, 5.74) is 6.38. The van der Waals surface area contributed by atoms with Crippen molar-refractivity contribution in [1.29, 1.82) is 0 Å². The number of benzene rings is 1. The van der Waals surface area contributed by atoms with Gasteiger partial charge in [0.1, 0.15) is 0 Å². The molecule has 0 saturated carbocycles. The summed E-state index contributed by atoms with van der Waals surface area (Å²) in [6, 6.07) is 7.00. The van der Waals surface area contributed by atoms with Crippen LogP contribution in [0.3, 0.4) is 0 Å². The Labute approximate surface area is 138 Å². The number of hydrogen-bond donors (Lipinski definition) is 3. The van der Waals surface area contributed by atoms with Crippen molar-refractivity contribution in [1.82, 2.24) is 5.32 Å². The van der Waals surface area contributed by atoms with Gasteiger partial charge in [-0.05, 0) is 18.1 Å². The minimum absolute atomic E-state index is 0. The first-order valence-electron chi connectivity index (χ1n) is 7.49. The van der Waals surface area contributed by atoms with Crippen molar-refractivity contribution < 1.29 is 9.59 Å². The second-order valence-electron chi connectivity index (χ2n) is 5.02. The van der Waals surface area contributed by atoms with E-state index in [4.69, 9.17) is 5.73 Å². The van der Waals surface area contributed by atoms with E-state index in [2.05, 4.69) is 24.5 Å². The Morgan fingerprint density at radius 2 is 1.82 bits per heavy atom. The van der Waals surface area contributed by atoms with Crippen LogP contribution >= 0.6 is 12.4 Å². The molecule has 2 amide bonds. The van der Waals surface area contributed by atoms with E-state index in [1.807, 2.05) is 0 Å². The highest BCUT2D eigenvalue weighted by Crippen LogP contribution is 2.18. The molecule has 0 heterocycles. The molecule has 0 spiro atoms. The van der Waals surface area contributed by atoms with Gasteiger partial charge in [0.05, 0.1) is 11.3 Å². The van der Waals surface area contributed by atoms with Gasteiger partial charge >= 0.3 is 0 Å². The average molecular weight is 328 g/mol. The number of para-hydroxylation sites is 1. The van der Waals surface area contributed by atoms with Crippen molar-refractivity contribution in [2.75, 3.05) is 18.4 Å². The molecule has 22 heavy (non-hydrogen) atoms. The largest absolute Gasteiger partial charge is 0.351 e. The first-order valence-corrected chi connectivity index (χ1v) is 7.49. The van der Waals surface area contributed by atoms with E-state index < -0.39 is 0 Å². The van der Waals surface area contributed by atoms with E-state index in [-0.39, 0.29) is 24.2 Å². The topological polar surface area (TPSA) is 84.2 Å². The molecule has 0 aliphatic carbocycles. The Morgan fingerprint density at radius 1 is 1.18 bits per heavy atom. The zero-order chi connectivity index (χ0) is 15.7. The molecule has 4 N–H and O–H groups in total. The van der Waals surface area contributed by atoms with Crippen LogP contribution in [0, 0.1) is 5.92 Å². The third kappa shape index (κ3) is 6.45. The van der Waals surface area contributed by atoms with Crippen LogP contribution in [0.5, 0.6) is 0 Å². The monoisotopic (exact) mass is 327 g/mol. The number of rotatable bonds is 8. The summed E-state index contributed by atoms with van der Waals surface area (Å²) in [7, 11) is 0. The summed E-state index contributed by atoms with van der Waals surface area (Å²) in [4.78, 5) is 24.1. The van der Waals surface area contributed by atoms with Gasteiger partial charge in [0.2, 0.25) is 5.91 Å². The van der Waals surface area contributed by atoms with Gasteiger partial charge in [-0.1, -0.05) is 38.8 Å². The van der Waals surface area contributed by atoms with E-state index in [0.29, 0.717) is 36.7 Å². The van der Waals surface area contributed by atoms with Gasteiger partial charge in [-0.3, -0.25) is 9.59 Å². The predicted octanol–water partition coefficient (Wildman–Crippen LogP) is 2.56. The lowest BCUT2D eigenvalue weighted by Crippen LogP contribution is -2.30. The second kappa shape index (κ2) is 11.0. The molecule has 124 valence electrons. The minimum Gasteiger partial charge on any atom is -0.351 e. The van der Waals surface area contributed by atoms with Crippen molar-refractivity contribution in [3.05, 3.63) is 29.8 Å². The summed E-state index contributed by atoms with van der Waals surface area (Å²) in [6.45, 7) is 4.95. The molecular formula is C16H26ClN3O2. The van der Waals surface area contributed by atoms with Crippen molar-refractivity contribution >= 4 is 29.9 Å². The third-order valence-corrected chi connectivity index (χ3v) is 3.50. The van der Waals surface area contributed by atoms with Crippen molar-refractivity contribution in [3.8, 4) is 0 Å². The molecule has 0 saturated heterocycles. The molecule has 1 rings (SSSR count). The summed E-state index contributed by atoms with van der Waals surface area (Å²) in [6.07, 6.45) is 2.43. The Morgan fingerprint density at radius 3 is 2.41 bits per heavy atom. The maximum Gasteiger partial charge on any atom is 0.253 e. The number of nitrogens with two attached hydrogens (primary N) is 1. The van der Waals surface area contributed by atoms with E-state index in [1.165, 1.54) is 0 Å². The highest BCUT2D eigenvalue weighted by Gasteiger charge is 2.14. The van der Waals surface area contributed by atoms with Gasteiger partial charge in [0.25, 0.3) is 5.91 Å². The molecule has 0 fully saturated rings. The zero-order valence-corrected chi connectivity index (χ0v) is 14.0. The SMILES string of the molecule is CCC(CC)CC(=O)Nc1ccccc1C(=O)NCCN.Cl. The molecule has 0 unspecified atom stereocenters. The van der Waals surface area contributed by atoms with Crippen LogP contribution in [-0.2, 0) is 4.79 Å². The number of hydrogen-bond acceptors (Lipinski definition) is 3. The van der Waals surface area contributed by atoms with Gasteiger partial charge in [0, 0.05) is 19.5 Å². The molecule has 6 heteroatoms. The second-order valence-corrected chi connectivity index (χ2v) is 5.02. The van der Waals surface area contributed by atoms with Gasteiger partial charge < -0.3 is 16.4 Å². The minimum atomic E-state index is -0.223. The Bertz CT molecular complexity index is 476. The quantitative estimate of drug-likeness (QED) is 0.686. The standard InChI is InChI=1S/C16H25N3O2.ClH/c1-3-12(4-2)11-15(20)19-14-8-6-5-7-13(14)16(21)18-10-9-17;/h5-8,12H,3-4,9-11,17H2,1-2H3,(H,18,21)(H,19,20);1H. The summed E-state index contributed by atoms with van der Waals surface area (Å²) >= 11 is 0. The summed E-state index contributed by atoms with van der Waals surface area (Å²) < 4.78 is 0. The Kier molecular flexibility index (Phi) is 10.2. The fourth-order valence-corrected chi connectivity index (χ4v) is 2.11. The van der Waals surface area contributed by atoms with Gasteiger partial charge in [-0.2, -0.15) is 0 Å². The first kappa shape index (κ1) is 20.4. The van der Waals surface area contributed by atoms with Crippen LogP contribution in [0.2, 0.25) is 0 Å². The molecule has 0 atom stereocenters. The van der Waals surface area contributed by atoms with Gasteiger partial charge in [0.15, 0.2) is 0 Å². The molecule has 0 aromatic heterocycles. The lowest BCUT2D eigenvalue weighted by Gasteiger charge is -2.14. The lowest BCUT2D eigenvalue weighted by molar-refractivity contribution is -0.117. The average Bonchev–Trinajstić information content (AvgIpc) is 2.50. The van der Waals surface area contributed by atoms with E-state index in [9.17, 15) is 9.59 Å². The van der Waals surface area contributed by atoms with Crippen molar-refractivity contribution in [2.24, 2.45) is 11.7 Å². The number of nitrogens with one attached hydrogen (secondary N) is 2. The number of anilines is 1. The van der Waals surface area contributed by atoms with Crippen LogP contribution in [-0.4, -0.2) is 24.9 Å². The van der Waals surface area contributed by atoms with Crippen molar-refractivity contribution in [3.63, 3.8) is 0 Å². The molecule has 5 nitrogen and oxygen atoms in total. The van der Waals surface area contributed by atoms with E-state index in [1.54, 1.807) is 24.3 Å². The number of carbonyl (C=O) groups is 2. The maximum absolute atomic E-state index is 12.1. The van der Waals surface area contributed by atoms with Crippen LogP contribution in [0.15, 0.2) is 24.3 Å². The summed E-state index contributed by atoms with van der Waals surface area (Å²) in [5.74, 6) is 0.102. The molecule has 0 aliphatic heterocycles. The molecule has 0 aliphatic rings. The van der Waals surface area contributed by atoms with Crippen LogP contribution < -0.4 is 16.4 Å². The molecule has 1 aromatic rings. The van der Waals surface area contributed by atoms with Crippen LogP contribution in [0.25, 0.3) is 0 Å². The molecule has 1 aromatic carbocycles. The third-order valence-electron chi connectivity index (χ3n) is 3.50. The predicted molar refractivity (Wildman–Crippen MR) is 92.4 cm³/mol.